The first-order valence-corrected chi connectivity index (χ1v) is 9.83. The van der Waals surface area contributed by atoms with Crippen molar-refractivity contribution in [2.24, 2.45) is 0 Å². The summed E-state index contributed by atoms with van der Waals surface area (Å²) in [7, 11) is 0. The number of aromatic nitrogens is 2. The van der Waals surface area contributed by atoms with Crippen LogP contribution in [0.25, 0.3) is 0 Å². The molecule has 1 saturated carbocycles. The summed E-state index contributed by atoms with van der Waals surface area (Å²) in [6.45, 7) is 2.02. The van der Waals surface area contributed by atoms with E-state index in [1.54, 1.807) is 6.07 Å². The second kappa shape index (κ2) is 8.93. The summed E-state index contributed by atoms with van der Waals surface area (Å²) in [6.07, 6.45) is 10.4. The Labute approximate surface area is 155 Å². The predicted molar refractivity (Wildman–Crippen MR) is 103 cm³/mol. The molecule has 1 fully saturated rings. The van der Waals surface area contributed by atoms with Crippen molar-refractivity contribution in [1.29, 1.82) is 0 Å². The van der Waals surface area contributed by atoms with E-state index in [2.05, 4.69) is 5.10 Å². The minimum atomic E-state index is -0.00970. The minimum absolute atomic E-state index is 0.00970. The maximum absolute atomic E-state index is 12.3. The summed E-state index contributed by atoms with van der Waals surface area (Å²) in [4.78, 5) is 24.2. The van der Waals surface area contributed by atoms with Crippen molar-refractivity contribution in [2.75, 3.05) is 0 Å². The van der Waals surface area contributed by atoms with Crippen molar-refractivity contribution in [3.8, 4) is 0 Å². The first-order chi connectivity index (χ1) is 12.7. The van der Waals surface area contributed by atoms with Gasteiger partial charge in [-0.15, -0.1) is 0 Å². The SMILES string of the molecule is CCCC(=O)Cc1cccc(Cc2nn(C3CCCCC3)ccc2=O)c1. The first kappa shape index (κ1) is 18.6. The van der Waals surface area contributed by atoms with Crippen LogP contribution in [0.2, 0.25) is 0 Å². The highest BCUT2D eigenvalue weighted by molar-refractivity contribution is 5.80. The van der Waals surface area contributed by atoms with Gasteiger partial charge in [-0.25, -0.2) is 0 Å². The number of hydrogen-bond donors (Lipinski definition) is 0. The number of benzene rings is 1. The van der Waals surface area contributed by atoms with E-state index >= 15 is 0 Å². The van der Waals surface area contributed by atoms with Gasteiger partial charge in [0.25, 0.3) is 0 Å². The fourth-order valence-electron chi connectivity index (χ4n) is 3.77. The Kier molecular flexibility index (Phi) is 6.37. The van der Waals surface area contributed by atoms with Gasteiger partial charge in [-0.05, 0) is 30.4 Å². The van der Waals surface area contributed by atoms with Crippen LogP contribution in [0.1, 0.15) is 74.7 Å². The van der Waals surface area contributed by atoms with Crippen LogP contribution in [0, 0.1) is 0 Å². The molecular weight excluding hydrogens is 324 g/mol. The van der Waals surface area contributed by atoms with Gasteiger partial charge >= 0.3 is 0 Å². The molecule has 0 radical (unpaired) electrons. The molecule has 1 aromatic carbocycles. The summed E-state index contributed by atoms with van der Waals surface area (Å²) < 4.78 is 1.99. The number of Topliss-reactive ketones (excluding diaryl/α,β-unsaturated/α-hetero) is 1. The van der Waals surface area contributed by atoms with Crippen molar-refractivity contribution >= 4 is 5.78 Å². The zero-order valence-electron chi connectivity index (χ0n) is 15.6. The van der Waals surface area contributed by atoms with E-state index in [0.29, 0.717) is 31.0 Å². The van der Waals surface area contributed by atoms with Gasteiger partial charge in [-0.3, -0.25) is 14.3 Å². The van der Waals surface area contributed by atoms with Gasteiger partial charge in [-0.1, -0.05) is 50.5 Å². The third kappa shape index (κ3) is 4.90. The molecule has 0 saturated heterocycles. The molecule has 4 heteroatoms. The Bertz CT molecular complexity index is 804. The van der Waals surface area contributed by atoms with E-state index in [1.165, 1.54) is 19.3 Å². The lowest BCUT2D eigenvalue weighted by molar-refractivity contribution is -0.118. The highest BCUT2D eigenvalue weighted by atomic mass is 16.1. The normalized spacial score (nSPS) is 15.1. The van der Waals surface area contributed by atoms with E-state index in [9.17, 15) is 9.59 Å². The highest BCUT2D eigenvalue weighted by Crippen LogP contribution is 2.26. The first-order valence-electron chi connectivity index (χ1n) is 9.83. The monoisotopic (exact) mass is 352 g/mol. The smallest absolute Gasteiger partial charge is 0.203 e. The second-order valence-corrected chi connectivity index (χ2v) is 7.36. The van der Waals surface area contributed by atoms with Crippen molar-refractivity contribution < 1.29 is 4.79 Å². The third-order valence-electron chi connectivity index (χ3n) is 5.14. The molecule has 3 rings (SSSR count). The molecule has 0 bridgehead atoms. The maximum atomic E-state index is 12.3. The summed E-state index contributed by atoms with van der Waals surface area (Å²) in [5.41, 5.74) is 2.64. The molecule has 1 heterocycles. The van der Waals surface area contributed by atoms with Crippen LogP contribution in [0.5, 0.6) is 0 Å². The molecule has 0 N–H and O–H groups in total. The summed E-state index contributed by atoms with van der Waals surface area (Å²) in [5.74, 6) is 0.266. The molecule has 1 aliphatic carbocycles. The van der Waals surface area contributed by atoms with Crippen LogP contribution < -0.4 is 5.43 Å². The standard InChI is InChI=1S/C22H28N2O2/c1-2-7-20(25)15-17-8-6-9-18(14-17)16-21-22(26)12-13-24(23-21)19-10-4-3-5-11-19/h6,8-9,12-14,19H,2-5,7,10-11,15-16H2,1H3. The number of ketones is 1. The molecule has 0 amide bonds. The van der Waals surface area contributed by atoms with Crippen molar-refractivity contribution in [3.05, 3.63) is 63.6 Å². The van der Waals surface area contributed by atoms with Gasteiger partial charge in [0.1, 0.15) is 11.5 Å². The molecule has 26 heavy (non-hydrogen) atoms. The van der Waals surface area contributed by atoms with E-state index in [0.717, 1.165) is 30.4 Å². The third-order valence-corrected chi connectivity index (χ3v) is 5.14. The largest absolute Gasteiger partial charge is 0.299 e. The Balaban J connectivity index is 1.75. The number of rotatable bonds is 7. The minimum Gasteiger partial charge on any atom is -0.299 e. The lowest BCUT2D eigenvalue weighted by Gasteiger charge is -2.23. The number of nitrogens with zero attached hydrogens (tertiary/aromatic N) is 2. The Hall–Kier alpha value is -2.23. The van der Waals surface area contributed by atoms with Crippen LogP contribution in [0.3, 0.4) is 0 Å². The van der Waals surface area contributed by atoms with Gasteiger partial charge < -0.3 is 0 Å². The van der Waals surface area contributed by atoms with Crippen LogP contribution in [0.15, 0.2) is 41.3 Å². The van der Waals surface area contributed by atoms with Crippen molar-refractivity contribution in [3.63, 3.8) is 0 Å². The lowest BCUT2D eigenvalue weighted by atomic mass is 9.96. The van der Waals surface area contributed by atoms with E-state index in [4.69, 9.17) is 0 Å². The zero-order valence-corrected chi connectivity index (χ0v) is 15.6. The van der Waals surface area contributed by atoms with E-state index < -0.39 is 0 Å². The Morgan fingerprint density at radius 1 is 1.15 bits per heavy atom. The van der Waals surface area contributed by atoms with Gasteiger partial charge in [0.2, 0.25) is 5.43 Å². The van der Waals surface area contributed by atoms with Crippen molar-refractivity contribution in [1.82, 2.24) is 9.78 Å². The summed E-state index contributed by atoms with van der Waals surface area (Å²) in [5, 5.41) is 4.65. The molecule has 1 aliphatic rings. The van der Waals surface area contributed by atoms with Crippen LogP contribution in [-0.2, 0) is 17.6 Å². The Morgan fingerprint density at radius 3 is 2.69 bits per heavy atom. The molecule has 2 aromatic rings. The van der Waals surface area contributed by atoms with Gasteiger partial charge in [-0.2, -0.15) is 5.10 Å². The quantitative estimate of drug-likeness (QED) is 0.748. The van der Waals surface area contributed by atoms with Gasteiger partial charge in [0.15, 0.2) is 0 Å². The summed E-state index contributed by atoms with van der Waals surface area (Å²) in [6, 6.07) is 10.0. The second-order valence-electron chi connectivity index (χ2n) is 7.36. The molecule has 0 atom stereocenters. The number of hydrogen-bond acceptors (Lipinski definition) is 3. The van der Waals surface area contributed by atoms with E-state index in [1.807, 2.05) is 42.1 Å². The molecular formula is C22H28N2O2. The van der Waals surface area contributed by atoms with Gasteiger partial charge in [0, 0.05) is 31.5 Å². The average Bonchev–Trinajstić information content (AvgIpc) is 2.65. The van der Waals surface area contributed by atoms with Crippen LogP contribution in [-0.4, -0.2) is 15.6 Å². The topological polar surface area (TPSA) is 52.0 Å². The zero-order chi connectivity index (χ0) is 18.4. The van der Waals surface area contributed by atoms with Crippen LogP contribution >= 0.6 is 0 Å². The fraction of sp³-hybridized carbons (Fsp3) is 0.500. The summed E-state index contributed by atoms with van der Waals surface area (Å²) >= 11 is 0. The number of carbonyl (C=O) groups is 1. The molecule has 1 aromatic heterocycles. The molecule has 138 valence electrons. The van der Waals surface area contributed by atoms with Gasteiger partial charge in [0.05, 0.1) is 6.04 Å². The molecule has 0 spiro atoms. The fourth-order valence-corrected chi connectivity index (χ4v) is 3.77. The molecule has 4 nitrogen and oxygen atoms in total. The highest BCUT2D eigenvalue weighted by Gasteiger charge is 2.16. The molecule has 0 unspecified atom stereocenters. The maximum Gasteiger partial charge on any atom is 0.203 e. The Morgan fingerprint density at radius 2 is 1.92 bits per heavy atom. The van der Waals surface area contributed by atoms with Crippen molar-refractivity contribution in [2.45, 2.75) is 70.8 Å². The predicted octanol–water partition coefficient (Wildman–Crippen LogP) is 4.25. The van der Waals surface area contributed by atoms with Crippen LogP contribution in [0.4, 0.5) is 0 Å². The lowest BCUT2D eigenvalue weighted by Crippen LogP contribution is -2.22. The number of carbonyl (C=O) groups excluding carboxylic acids is 1. The average molecular weight is 352 g/mol. The molecule has 0 aliphatic heterocycles. The van der Waals surface area contributed by atoms with E-state index in [-0.39, 0.29) is 11.2 Å².